The molecule has 1 rings (SSSR count). The van der Waals surface area contributed by atoms with Gasteiger partial charge in [0.05, 0.1) is 11.6 Å². The zero-order valence-electron chi connectivity index (χ0n) is 12.9. The monoisotopic (exact) mass is 418 g/mol. The van der Waals surface area contributed by atoms with Crippen molar-refractivity contribution in [2.45, 2.75) is 18.7 Å². The molecule has 1 aromatic rings. The summed E-state index contributed by atoms with van der Waals surface area (Å²) in [6.07, 6.45) is 0. The Morgan fingerprint density at radius 3 is 2.41 bits per heavy atom. The normalized spacial score (nSPS) is 12.2. The van der Waals surface area contributed by atoms with Crippen molar-refractivity contribution in [2.75, 3.05) is 27.2 Å². The highest BCUT2D eigenvalue weighted by Gasteiger charge is 2.30. The van der Waals surface area contributed by atoms with E-state index in [-0.39, 0.29) is 39.5 Å². The van der Waals surface area contributed by atoms with E-state index in [4.69, 9.17) is 10.5 Å². The molecule has 1 aromatic carbocycles. The lowest BCUT2D eigenvalue weighted by atomic mass is 9.94. The lowest BCUT2D eigenvalue weighted by molar-refractivity contribution is 0.291. The summed E-state index contributed by atoms with van der Waals surface area (Å²) in [5, 5.41) is 0. The SMILES string of the molecule is COc1cc(Br)c(F)cc1S(=O)(=O)N(C)CC(C)(C)CN.Cl. The summed E-state index contributed by atoms with van der Waals surface area (Å²) in [5.41, 5.74) is 5.24. The van der Waals surface area contributed by atoms with Crippen LogP contribution in [0, 0.1) is 11.2 Å². The lowest BCUT2D eigenvalue weighted by Crippen LogP contribution is -2.39. The van der Waals surface area contributed by atoms with Gasteiger partial charge in [-0.25, -0.2) is 17.1 Å². The second-order valence-corrected chi connectivity index (χ2v) is 8.41. The third kappa shape index (κ3) is 4.79. The quantitative estimate of drug-likeness (QED) is 0.769. The van der Waals surface area contributed by atoms with Crippen LogP contribution in [-0.4, -0.2) is 40.0 Å². The molecular weight excluding hydrogens is 399 g/mol. The van der Waals surface area contributed by atoms with E-state index in [9.17, 15) is 12.8 Å². The molecule has 0 spiro atoms. The lowest BCUT2D eigenvalue weighted by Gasteiger charge is -2.28. The third-order valence-corrected chi connectivity index (χ3v) is 5.53. The molecule has 0 heterocycles. The summed E-state index contributed by atoms with van der Waals surface area (Å²) in [6.45, 7) is 4.27. The molecule has 128 valence electrons. The standard InChI is InChI=1S/C13H20BrFN2O3S.ClH/c1-13(2,7-16)8-17(3)21(18,19)12-6-10(15)9(14)5-11(12)20-4;/h5-6H,7-8,16H2,1-4H3;1H. The fourth-order valence-electron chi connectivity index (χ4n) is 1.79. The van der Waals surface area contributed by atoms with Crippen molar-refractivity contribution in [3.8, 4) is 5.75 Å². The first-order valence-corrected chi connectivity index (χ1v) is 8.48. The first-order chi connectivity index (χ1) is 9.55. The first-order valence-electron chi connectivity index (χ1n) is 6.24. The van der Waals surface area contributed by atoms with Crippen LogP contribution in [0.4, 0.5) is 4.39 Å². The van der Waals surface area contributed by atoms with Gasteiger partial charge in [-0.05, 0) is 40.0 Å². The van der Waals surface area contributed by atoms with Crippen LogP contribution in [-0.2, 0) is 10.0 Å². The second-order valence-electron chi connectivity index (χ2n) is 5.55. The molecule has 9 heteroatoms. The number of hydrogen-bond donors (Lipinski definition) is 1. The predicted molar refractivity (Wildman–Crippen MR) is 90.6 cm³/mol. The summed E-state index contributed by atoms with van der Waals surface area (Å²) < 4.78 is 45.2. The Morgan fingerprint density at radius 2 is 1.95 bits per heavy atom. The minimum absolute atomic E-state index is 0. The molecule has 0 unspecified atom stereocenters. The molecule has 22 heavy (non-hydrogen) atoms. The van der Waals surface area contributed by atoms with Crippen LogP contribution in [0.5, 0.6) is 5.75 Å². The molecule has 0 bridgehead atoms. The largest absolute Gasteiger partial charge is 0.495 e. The van der Waals surface area contributed by atoms with Crippen molar-refractivity contribution >= 4 is 38.4 Å². The molecule has 0 fully saturated rings. The Hall–Kier alpha value is -0.410. The van der Waals surface area contributed by atoms with E-state index in [1.807, 2.05) is 13.8 Å². The van der Waals surface area contributed by atoms with Crippen molar-refractivity contribution in [1.29, 1.82) is 0 Å². The van der Waals surface area contributed by atoms with Gasteiger partial charge in [-0.3, -0.25) is 0 Å². The summed E-state index contributed by atoms with van der Waals surface area (Å²) >= 11 is 3.00. The molecule has 0 aromatic heterocycles. The van der Waals surface area contributed by atoms with E-state index in [1.165, 1.54) is 20.2 Å². The van der Waals surface area contributed by atoms with Gasteiger partial charge in [0.15, 0.2) is 0 Å². The van der Waals surface area contributed by atoms with Gasteiger partial charge in [-0.1, -0.05) is 13.8 Å². The smallest absolute Gasteiger partial charge is 0.246 e. The van der Waals surface area contributed by atoms with Crippen LogP contribution < -0.4 is 10.5 Å². The molecule has 5 nitrogen and oxygen atoms in total. The summed E-state index contributed by atoms with van der Waals surface area (Å²) in [6, 6.07) is 2.24. The Bertz CT molecular complexity index is 626. The van der Waals surface area contributed by atoms with Gasteiger partial charge >= 0.3 is 0 Å². The number of benzene rings is 1. The molecule has 0 radical (unpaired) electrons. The Balaban J connectivity index is 0.00000441. The topological polar surface area (TPSA) is 72.6 Å². The molecule has 0 saturated carbocycles. The molecule has 2 N–H and O–H groups in total. The predicted octanol–water partition coefficient (Wildman–Crippen LogP) is 2.62. The minimum Gasteiger partial charge on any atom is -0.495 e. The maximum atomic E-state index is 13.7. The van der Waals surface area contributed by atoms with Crippen LogP contribution in [0.1, 0.15) is 13.8 Å². The number of rotatable bonds is 6. The number of nitrogens with two attached hydrogens (primary N) is 1. The molecule has 0 aliphatic heterocycles. The zero-order chi connectivity index (χ0) is 16.4. The van der Waals surface area contributed by atoms with Crippen molar-refractivity contribution in [3.63, 3.8) is 0 Å². The molecule has 0 aliphatic carbocycles. The average molecular weight is 420 g/mol. The number of hydrogen-bond acceptors (Lipinski definition) is 4. The van der Waals surface area contributed by atoms with Crippen LogP contribution in [0.2, 0.25) is 0 Å². The van der Waals surface area contributed by atoms with Gasteiger partial charge in [0.2, 0.25) is 10.0 Å². The van der Waals surface area contributed by atoms with E-state index in [0.29, 0.717) is 6.54 Å². The fourth-order valence-corrected chi connectivity index (χ4v) is 3.62. The Morgan fingerprint density at radius 1 is 1.41 bits per heavy atom. The highest BCUT2D eigenvalue weighted by molar-refractivity contribution is 9.10. The highest BCUT2D eigenvalue weighted by atomic mass is 79.9. The van der Waals surface area contributed by atoms with Crippen LogP contribution >= 0.6 is 28.3 Å². The fraction of sp³-hybridized carbons (Fsp3) is 0.538. The first kappa shape index (κ1) is 21.6. The van der Waals surface area contributed by atoms with Crippen LogP contribution in [0.15, 0.2) is 21.5 Å². The van der Waals surface area contributed by atoms with Crippen LogP contribution in [0.3, 0.4) is 0 Å². The second kappa shape index (κ2) is 7.92. The molecule has 0 saturated heterocycles. The van der Waals surface area contributed by atoms with E-state index >= 15 is 0 Å². The number of methoxy groups -OCH3 is 1. The highest BCUT2D eigenvalue weighted by Crippen LogP contribution is 2.32. The van der Waals surface area contributed by atoms with Gasteiger partial charge in [0.25, 0.3) is 0 Å². The number of sulfonamides is 1. The van der Waals surface area contributed by atoms with Gasteiger partial charge in [0.1, 0.15) is 16.5 Å². The molecule has 0 aliphatic rings. The maximum Gasteiger partial charge on any atom is 0.246 e. The minimum atomic E-state index is -3.87. The average Bonchev–Trinajstić information content (AvgIpc) is 2.40. The number of ether oxygens (including phenoxy) is 1. The van der Waals surface area contributed by atoms with Gasteiger partial charge < -0.3 is 10.5 Å². The zero-order valence-corrected chi connectivity index (χ0v) is 16.1. The van der Waals surface area contributed by atoms with Crippen molar-refractivity contribution in [2.24, 2.45) is 11.1 Å². The van der Waals surface area contributed by atoms with Crippen molar-refractivity contribution in [1.82, 2.24) is 4.31 Å². The Kier molecular flexibility index (Phi) is 7.77. The van der Waals surface area contributed by atoms with E-state index in [1.54, 1.807) is 0 Å². The number of halogens is 3. The Labute approximate surface area is 145 Å². The maximum absolute atomic E-state index is 13.7. The van der Waals surface area contributed by atoms with Gasteiger partial charge in [-0.2, -0.15) is 0 Å². The van der Waals surface area contributed by atoms with E-state index in [2.05, 4.69) is 15.9 Å². The molecular formula is C13H21BrClFN2O3S. The van der Waals surface area contributed by atoms with E-state index in [0.717, 1.165) is 10.4 Å². The number of nitrogens with zero attached hydrogens (tertiary/aromatic N) is 1. The van der Waals surface area contributed by atoms with Crippen LogP contribution in [0.25, 0.3) is 0 Å². The van der Waals surface area contributed by atoms with Crippen molar-refractivity contribution < 1.29 is 17.5 Å². The van der Waals surface area contributed by atoms with Gasteiger partial charge in [0, 0.05) is 13.6 Å². The summed E-state index contributed by atoms with van der Waals surface area (Å²) in [4.78, 5) is -0.207. The summed E-state index contributed by atoms with van der Waals surface area (Å²) in [7, 11) is -1.10. The van der Waals surface area contributed by atoms with Gasteiger partial charge in [-0.15, -0.1) is 12.4 Å². The molecule has 0 atom stereocenters. The van der Waals surface area contributed by atoms with E-state index < -0.39 is 15.8 Å². The summed E-state index contributed by atoms with van der Waals surface area (Å²) in [5.74, 6) is -0.582. The molecule has 0 amide bonds. The third-order valence-electron chi connectivity index (χ3n) is 3.10. The van der Waals surface area contributed by atoms with Crippen molar-refractivity contribution in [3.05, 3.63) is 22.4 Å².